The van der Waals surface area contributed by atoms with Crippen LogP contribution in [0.4, 0.5) is 0 Å². The highest BCUT2D eigenvalue weighted by Gasteiger charge is 2.43. The zero-order chi connectivity index (χ0) is 13.0. The minimum absolute atomic E-state index is 0.0564. The number of Topliss-reactive ketones (excluding diaryl/α,β-unsaturated/α-hetero) is 1. The Morgan fingerprint density at radius 1 is 1.16 bits per heavy atom. The Morgan fingerprint density at radius 3 is 2.74 bits per heavy atom. The molecule has 0 aromatic heterocycles. The van der Waals surface area contributed by atoms with Gasteiger partial charge in [0.25, 0.3) is 0 Å². The average molecular weight is 319 g/mol. The van der Waals surface area contributed by atoms with Gasteiger partial charge in [0.2, 0.25) is 0 Å². The van der Waals surface area contributed by atoms with E-state index in [0.717, 1.165) is 31.6 Å². The van der Waals surface area contributed by atoms with Gasteiger partial charge in [-0.3, -0.25) is 4.79 Å². The molecule has 0 bridgehead atoms. The first-order valence-electron chi connectivity index (χ1n) is 6.89. The smallest absolute Gasteiger partial charge is 0.133 e. The largest absolute Gasteiger partial charge is 0.493 e. The van der Waals surface area contributed by atoms with Crippen molar-refractivity contribution in [3.05, 3.63) is 33.3 Å². The topological polar surface area (TPSA) is 26.3 Å². The summed E-state index contributed by atoms with van der Waals surface area (Å²) in [5.41, 5.74) is 4.05. The number of ketones is 1. The van der Waals surface area contributed by atoms with E-state index < -0.39 is 0 Å². The number of halogens is 1. The molecule has 1 spiro atoms. The SMILES string of the molecule is O=C1CCC2(CC1)C(Br)=Cc1cc3c(cc12)CCO3. The van der Waals surface area contributed by atoms with Crippen molar-refractivity contribution in [3.63, 3.8) is 0 Å². The monoisotopic (exact) mass is 318 g/mol. The van der Waals surface area contributed by atoms with Gasteiger partial charge in [0.15, 0.2) is 0 Å². The maximum Gasteiger partial charge on any atom is 0.133 e. The van der Waals surface area contributed by atoms with Crippen molar-refractivity contribution in [2.45, 2.75) is 37.5 Å². The standard InChI is InChI=1S/C16H15BrO2/c17-15-9-11-8-14-10(3-6-19-14)7-13(11)16(15)4-1-12(18)2-5-16/h7-9H,1-6H2. The van der Waals surface area contributed by atoms with Gasteiger partial charge in [-0.1, -0.05) is 22.0 Å². The zero-order valence-corrected chi connectivity index (χ0v) is 12.3. The fourth-order valence-corrected chi connectivity index (χ4v) is 4.50. The van der Waals surface area contributed by atoms with Crippen LogP contribution in [0, 0.1) is 0 Å². The van der Waals surface area contributed by atoms with Gasteiger partial charge in [-0.05, 0) is 41.7 Å². The summed E-state index contributed by atoms with van der Waals surface area (Å²) in [5, 5.41) is 0. The molecule has 3 heteroatoms. The fourth-order valence-electron chi connectivity index (χ4n) is 3.64. The Balaban J connectivity index is 1.84. The Bertz CT molecular complexity index is 605. The number of benzene rings is 1. The summed E-state index contributed by atoms with van der Waals surface area (Å²) in [4.78, 5) is 11.6. The number of ether oxygens (including phenoxy) is 1. The van der Waals surface area contributed by atoms with E-state index in [0.29, 0.717) is 18.6 Å². The van der Waals surface area contributed by atoms with Gasteiger partial charge < -0.3 is 4.74 Å². The number of hydrogen-bond acceptors (Lipinski definition) is 2. The lowest BCUT2D eigenvalue weighted by Crippen LogP contribution is -2.30. The third kappa shape index (κ3) is 1.57. The maximum absolute atomic E-state index is 11.6. The first-order chi connectivity index (χ1) is 9.19. The Labute approximate surface area is 121 Å². The number of fused-ring (bicyclic) bond motifs is 3. The van der Waals surface area contributed by atoms with Crippen LogP contribution < -0.4 is 4.74 Å². The number of allylic oxidation sites excluding steroid dienone is 1. The van der Waals surface area contributed by atoms with Gasteiger partial charge in [-0.2, -0.15) is 0 Å². The van der Waals surface area contributed by atoms with Crippen LogP contribution >= 0.6 is 15.9 Å². The van der Waals surface area contributed by atoms with Crippen molar-refractivity contribution in [1.82, 2.24) is 0 Å². The van der Waals surface area contributed by atoms with Crippen molar-refractivity contribution in [2.24, 2.45) is 0 Å². The van der Waals surface area contributed by atoms with E-state index in [9.17, 15) is 4.79 Å². The molecule has 0 unspecified atom stereocenters. The lowest BCUT2D eigenvalue weighted by molar-refractivity contribution is -0.121. The van der Waals surface area contributed by atoms with Crippen LogP contribution in [-0.2, 0) is 16.6 Å². The van der Waals surface area contributed by atoms with Crippen molar-refractivity contribution < 1.29 is 9.53 Å². The second kappa shape index (κ2) is 3.95. The summed E-state index contributed by atoms with van der Waals surface area (Å²) in [6, 6.07) is 4.49. The number of hydrogen-bond donors (Lipinski definition) is 0. The molecule has 1 saturated carbocycles. The molecule has 1 aromatic rings. The third-order valence-electron chi connectivity index (χ3n) is 4.78. The molecule has 1 aliphatic heterocycles. The van der Waals surface area contributed by atoms with Crippen LogP contribution in [0.15, 0.2) is 16.6 Å². The molecule has 19 heavy (non-hydrogen) atoms. The Hall–Kier alpha value is -1.09. The maximum atomic E-state index is 11.6. The van der Waals surface area contributed by atoms with E-state index in [-0.39, 0.29) is 5.41 Å². The first-order valence-corrected chi connectivity index (χ1v) is 7.68. The van der Waals surface area contributed by atoms with Gasteiger partial charge in [0.05, 0.1) is 6.61 Å². The van der Waals surface area contributed by atoms with Gasteiger partial charge in [0, 0.05) is 29.2 Å². The predicted octanol–water partition coefficient (Wildman–Crippen LogP) is 3.75. The van der Waals surface area contributed by atoms with E-state index >= 15 is 0 Å². The number of carbonyl (C=O) groups excluding carboxylic acids is 1. The summed E-state index contributed by atoms with van der Waals surface area (Å²) in [5.74, 6) is 1.45. The second-order valence-electron chi connectivity index (χ2n) is 5.76. The summed E-state index contributed by atoms with van der Waals surface area (Å²) < 4.78 is 6.89. The van der Waals surface area contributed by atoms with Crippen LogP contribution in [0.5, 0.6) is 5.75 Å². The van der Waals surface area contributed by atoms with E-state index in [1.165, 1.54) is 21.2 Å². The highest BCUT2D eigenvalue weighted by atomic mass is 79.9. The van der Waals surface area contributed by atoms with Crippen LogP contribution in [0.25, 0.3) is 6.08 Å². The molecule has 0 atom stereocenters. The van der Waals surface area contributed by atoms with Crippen molar-refractivity contribution in [3.8, 4) is 5.75 Å². The van der Waals surface area contributed by atoms with Crippen LogP contribution in [0.1, 0.15) is 42.4 Å². The predicted molar refractivity (Wildman–Crippen MR) is 77.7 cm³/mol. The Kier molecular flexibility index (Phi) is 2.44. The molecular formula is C16H15BrO2. The summed E-state index contributed by atoms with van der Waals surface area (Å²) in [7, 11) is 0. The molecule has 0 saturated heterocycles. The van der Waals surface area contributed by atoms with E-state index in [4.69, 9.17) is 4.74 Å². The first kappa shape index (κ1) is 11.7. The van der Waals surface area contributed by atoms with Gasteiger partial charge in [0.1, 0.15) is 11.5 Å². The average Bonchev–Trinajstić information content (AvgIpc) is 2.95. The molecule has 0 N–H and O–H groups in total. The molecule has 0 amide bonds. The van der Waals surface area contributed by atoms with Crippen LogP contribution in [0.2, 0.25) is 0 Å². The Morgan fingerprint density at radius 2 is 1.95 bits per heavy atom. The number of rotatable bonds is 0. The normalized spacial score (nSPS) is 23.0. The molecule has 1 fully saturated rings. The molecule has 0 radical (unpaired) electrons. The van der Waals surface area contributed by atoms with E-state index in [1.54, 1.807) is 0 Å². The second-order valence-corrected chi connectivity index (χ2v) is 6.61. The van der Waals surface area contributed by atoms with Gasteiger partial charge in [-0.15, -0.1) is 0 Å². The minimum Gasteiger partial charge on any atom is -0.493 e. The summed E-state index contributed by atoms with van der Waals surface area (Å²) >= 11 is 3.76. The molecule has 1 heterocycles. The fraction of sp³-hybridized carbons (Fsp3) is 0.438. The lowest BCUT2D eigenvalue weighted by Gasteiger charge is -2.35. The molecular weight excluding hydrogens is 304 g/mol. The molecule has 2 aliphatic carbocycles. The van der Waals surface area contributed by atoms with Crippen molar-refractivity contribution in [1.29, 1.82) is 0 Å². The minimum atomic E-state index is 0.0564. The molecule has 4 rings (SSSR count). The van der Waals surface area contributed by atoms with Crippen LogP contribution in [-0.4, -0.2) is 12.4 Å². The van der Waals surface area contributed by atoms with Gasteiger partial charge in [-0.25, -0.2) is 0 Å². The van der Waals surface area contributed by atoms with Crippen LogP contribution in [0.3, 0.4) is 0 Å². The summed E-state index contributed by atoms with van der Waals surface area (Å²) in [6.45, 7) is 0.800. The molecule has 98 valence electrons. The van der Waals surface area contributed by atoms with Crippen molar-refractivity contribution in [2.75, 3.05) is 6.61 Å². The van der Waals surface area contributed by atoms with E-state index in [1.807, 2.05) is 0 Å². The molecule has 3 aliphatic rings. The van der Waals surface area contributed by atoms with E-state index in [2.05, 4.69) is 34.1 Å². The zero-order valence-electron chi connectivity index (χ0n) is 10.7. The summed E-state index contributed by atoms with van der Waals surface area (Å²) in [6.07, 6.45) is 6.51. The highest BCUT2D eigenvalue weighted by molar-refractivity contribution is 9.11. The molecule has 1 aromatic carbocycles. The number of carbonyl (C=O) groups is 1. The lowest BCUT2D eigenvalue weighted by atomic mass is 9.70. The third-order valence-corrected chi connectivity index (χ3v) is 5.77. The van der Waals surface area contributed by atoms with Crippen molar-refractivity contribution >= 4 is 27.8 Å². The molecule has 2 nitrogen and oxygen atoms in total. The van der Waals surface area contributed by atoms with Gasteiger partial charge >= 0.3 is 0 Å². The quantitative estimate of drug-likeness (QED) is 0.728. The highest BCUT2D eigenvalue weighted by Crippen LogP contribution is 2.54.